The predicted molar refractivity (Wildman–Crippen MR) is 103 cm³/mol. The summed E-state index contributed by atoms with van der Waals surface area (Å²) in [7, 11) is -2.63. The van der Waals surface area contributed by atoms with Crippen LogP contribution in [0.3, 0.4) is 0 Å². The van der Waals surface area contributed by atoms with Crippen LogP contribution < -0.4 is 10.2 Å². The first kappa shape index (κ1) is 21.6. The molecule has 6 nitrogen and oxygen atoms in total. The van der Waals surface area contributed by atoms with Crippen molar-refractivity contribution in [2.75, 3.05) is 37.8 Å². The third kappa shape index (κ3) is 7.15. The highest BCUT2D eigenvalue weighted by atomic mass is 28.4. The highest BCUT2D eigenvalue weighted by Gasteiger charge is 2.39. The van der Waals surface area contributed by atoms with Gasteiger partial charge in [0.05, 0.1) is 0 Å². The second-order valence-corrected chi connectivity index (χ2v) is 8.13. The van der Waals surface area contributed by atoms with Crippen LogP contribution in [0.1, 0.15) is 34.1 Å². The zero-order valence-electron chi connectivity index (χ0n) is 15.9. The average Bonchev–Trinajstić information content (AvgIpc) is 2.61. The van der Waals surface area contributed by atoms with Gasteiger partial charge in [0.25, 0.3) is 0 Å². The first-order chi connectivity index (χ1) is 12.1. The van der Waals surface area contributed by atoms with Gasteiger partial charge < -0.3 is 18.6 Å². The normalized spacial score (nSPS) is 11.4. The standard InChI is InChI=1S/C18H32N2O4Si/c1-5-20(17-13-10-9-11-14-17)18(21)19-15-12-16-25(22-6-2,23-7-3)24-8-4/h9-11,13-14H,5-8,12,15-16H2,1-4H3,(H,19,21). The van der Waals surface area contributed by atoms with Crippen molar-refractivity contribution in [3.63, 3.8) is 0 Å². The molecule has 1 rings (SSSR count). The summed E-state index contributed by atoms with van der Waals surface area (Å²) in [6.07, 6.45) is 0.754. The Balaban J connectivity index is 2.52. The van der Waals surface area contributed by atoms with E-state index in [2.05, 4.69) is 5.32 Å². The van der Waals surface area contributed by atoms with Crippen LogP contribution in [0.5, 0.6) is 0 Å². The van der Waals surface area contributed by atoms with Crippen molar-refractivity contribution in [1.82, 2.24) is 5.32 Å². The van der Waals surface area contributed by atoms with Gasteiger partial charge in [-0.1, -0.05) is 18.2 Å². The molecule has 0 aliphatic carbocycles. The molecule has 0 aromatic heterocycles. The number of rotatable bonds is 12. The summed E-state index contributed by atoms with van der Waals surface area (Å²) >= 11 is 0. The molecule has 1 aromatic carbocycles. The molecule has 0 aliphatic heterocycles. The van der Waals surface area contributed by atoms with Crippen molar-refractivity contribution in [3.05, 3.63) is 30.3 Å². The number of hydrogen-bond acceptors (Lipinski definition) is 4. The number of carbonyl (C=O) groups excluding carboxylic acids is 1. The lowest BCUT2D eigenvalue weighted by atomic mass is 10.3. The maximum absolute atomic E-state index is 12.4. The minimum absolute atomic E-state index is 0.0924. The van der Waals surface area contributed by atoms with Crippen LogP contribution >= 0.6 is 0 Å². The Labute approximate surface area is 152 Å². The average molecular weight is 369 g/mol. The highest BCUT2D eigenvalue weighted by molar-refractivity contribution is 6.60. The monoisotopic (exact) mass is 368 g/mol. The Morgan fingerprint density at radius 2 is 1.56 bits per heavy atom. The number of nitrogens with one attached hydrogen (secondary N) is 1. The van der Waals surface area contributed by atoms with Gasteiger partial charge in [-0.2, -0.15) is 0 Å². The van der Waals surface area contributed by atoms with E-state index in [0.29, 0.717) is 39.0 Å². The Hall–Kier alpha value is -1.41. The Morgan fingerprint density at radius 3 is 2.04 bits per heavy atom. The van der Waals surface area contributed by atoms with E-state index < -0.39 is 8.80 Å². The fourth-order valence-corrected chi connectivity index (χ4v) is 5.26. The lowest BCUT2D eigenvalue weighted by molar-refractivity contribution is 0.0708. The summed E-state index contributed by atoms with van der Waals surface area (Å²) in [6, 6.07) is 10.3. The minimum atomic E-state index is -2.63. The van der Waals surface area contributed by atoms with Crippen molar-refractivity contribution in [2.24, 2.45) is 0 Å². The molecule has 0 fully saturated rings. The molecule has 7 heteroatoms. The SMILES string of the molecule is CCO[Si](CCCNC(=O)N(CC)c1ccccc1)(OCC)OCC. The van der Waals surface area contributed by atoms with Crippen molar-refractivity contribution < 1.29 is 18.1 Å². The third-order valence-corrected chi connectivity index (χ3v) is 6.81. The van der Waals surface area contributed by atoms with Gasteiger partial charge in [0.2, 0.25) is 0 Å². The molecule has 0 spiro atoms. The van der Waals surface area contributed by atoms with Gasteiger partial charge in [-0.15, -0.1) is 0 Å². The molecule has 0 saturated carbocycles. The Kier molecular flexibility index (Phi) is 10.4. The van der Waals surface area contributed by atoms with Crippen molar-refractivity contribution in [3.8, 4) is 0 Å². The van der Waals surface area contributed by atoms with Crippen molar-refractivity contribution in [2.45, 2.75) is 40.2 Å². The summed E-state index contributed by atoms with van der Waals surface area (Å²) in [5, 5.41) is 2.97. The molecule has 0 unspecified atom stereocenters. The van der Waals surface area contributed by atoms with Crippen LogP contribution in [-0.4, -0.2) is 47.7 Å². The molecule has 0 aliphatic rings. The lowest BCUT2D eigenvalue weighted by Crippen LogP contribution is -2.47. The zero-order valence-corrected chi connectivity index (χ0v) is 16.9. The van der Waals surface area contributed by atoms with Gasteiger partial charge in [0.15, 0.2) is 0 Å². The van der Waals surface area contributed by atoms with E-state index in [4.69, 9.17) is 13.3 Å². The second kappa shape index (κ2) is 12.0. The van der Waals surface area contributed by atoms with Gasteiger partial charge >= 0.3 is 14.8 Å². The van der Waals surface area contributed by atoms with Gasteiger partial charge in [-0.3, -0.25) is 4.90 Å². The summed E-state index contributed by atoms with van der Waals surface area (Å²) in [5.74, 6) is 0. The molecular formula is C18H32N2O4Si. The van der Waals surface area contributed by atoms with Crippen LogP contribution in [0.4, 0.5) is 10.5 Å². The fourth-order valence-electron chi connectivity index (χ4n) is 2.65. The van der Waals surface area contributed by atoms with Crippen molar-refractivity contribution >= 4 is 20.5 Å². The molecule has 25 heavy (non-hydrogen) atoms. The maximum atomic E-state index is 12.4. The van der Waals surface area contributed by atoms with Crippen LogP contribution in [0.25, 0.3) is 0 Å². The molecule has 0 atom stereocenters. The maximum Gasteiger partial charge on any atom is 0.500 e. The van der Waals surface area contributed by atoms with E-state index in [1.54, 1.807) is 4.90 Å². The quantitative estimate of drug-likeness (QED) is 0.452. The zero-order chi connectivity index (χ0) is 18.5. The number of hydrogen-bond donors (Lipinski definition) is 1. The Bertz CT molecular complexity index is 470. The van der Waals surface area contributed by atoms with Gasteiger partial charge in [0.1, 0.15) is 0 Å². The number of amides is 2. The largest absolute Gasteiger partial charge is 0.500 e. The molecule has 0 heterocycles. The van der Waals surface area contributed by atoms with Crippen LogP contribution in [0.15, 0.2) is 30.3 Å². The van der Waals surface area contributed by atoms with Crippen LogP contribution in [0, 0.1) is 0 Å². The smallest absolute Gasteiger partial charge is 0.374 e. The molecule has 1 aromatic rings. The van der Waals surface area contributed by atoms with E-state index in [1.807, 2.05) is 58.0 Å². The first-order valence-corrected chi connectivity index (χ1v) is 11.1. The minimum Gasteiger partial charge on any atom is -0.374 e. The summed E-state index contributed by atoms with van der Waals surface area (Å²) < 4.78 is 17.5. The number of carbonyl (C=O) groups is 1. The second-order valence-electron chi connectivity index (χ2n) is 5.40. The summed E-state index contributed by atoms with van der Waals surface area (Å²) in [4.78, 5) is 14.1. The Morgan fingerprint density at radius 1 is 1.00 bits per heavy atom. The molecule has 1 N–H and O–H groups in total. The van der Waals surface area contributed by atoms with Crippen LogP contribution in [-0.2, 0) is 13.3 Å². The lowest BCUT2D eigenvalue weighted by Gasteiger charge is -2.28. The highest BCUT2D eigenvalue weighted by Crippen LogP contribution is 2.18. The molecule has 0 bridgehead atoms. The van der Waals surface area contributed by atoms with E-state index in [1.165, 1.54) is 0 Å². The van der Waals surface area contributed by atoms with Crippen LogP contribution in [0.2, 0.25) is 6.04 Å². The molecule has 2 amide bonds. The third-order valence-electron chi connectivity index (χ3n) is 3.66. The number of urea groups is 1. The van der Waals surface area contributed by atoms with E-state index in [0.717, 1.165) is 12.1 Å². The molecule has 0 radical (unpaired) electrons. The fraction of sp³-hybridized carbons (Fsp3) is 0.611. The van der Waals surface area contributed by atoms with Crippen molar-refractivity contribution in [1.29, 1.82) is 0 Å². The number of benzene rings is 1. The molecule has 142 valence electrons. The molecular weight excluding hydrogens is 336 g/mol. The number of anilines is 1. The van der Waals surface area contributed by atoms with Gasteiger partial charge in [-0.25, -0.2) is 4.79 Å². The molecule has 0 saturated heterocycles. The van der Waals surface area contributed by atoms with E-state index in [9.17, 15) is 4.79 Å². The number of nitrogens with zero attached hydrogens (tertiary/aromatic N) is 1. The summed E-state index contributed by atoms with van der Waals surface area (Å²) in [6.45, 7) is 10.7. The predicted octanol–water partition coefficient (Wildman–Crippen LogP) is 3.66. The van der Waals surface area contributed by atoms with Gasteiger partial charge in [-0.05, 0) is 46.2 Å². The van der Waals surface area contributed by atoms with E-state index >= 15 is 0 Å². The summed E-state index contributed by atoms with van der Waals surface area (Å²) in [5.41, 5.74) is 0.893. The number of para-hydroxylation sites is 1. The van der Waals surface area contributed by atoms with E-state index in [-0.39, 0.29) is 6.03 Å². The first-order valence-electron chi connectivity index (χ1n) is 9.14. The van der Waals surface area contributed by atoms with Gasteiger partial charge in [0, 0.05) is 44.6 Å². The topological polar surface area (TPSA) is 60.0 Å².